The van der Waals surface area contributed by atoms with Gasteiger partial charge in [0.2, 0.25) is 0 Å². The lowest BCUT2D eigenvalue weighted by atomic mass is 9.99. The molecule has 0 aromatic heterocycles. The van der Waals surface area contributed by atoms with Gasteiger partial charge in [0.25, 0.3) is 0 Å². The van der Waals surface area contributed by atoms with Crippen LogP contribution in [0.1, 0.15) is 39.0 Å². The van der Waals surface area contributed by atoms with Crippen molar-refractivity contribution in [2.45, 2.75) is 39.0 Å². The van der Waals surface area contributed by atoms with Crippen molar-refractivity contribution in [2.75, 3.05) is 5.33 Å². The third-order valence-corrected chi connectivity index (χ3v) is 2.50. The molecule has 0 aliphatic carbocycles. The number of unbranched alkanes of at least 4 members (excludes halogenated alkanes) is 1. The van der Waals surface area contributed by atoms with Gasteiger partial charge in [0, 0.05) is 5.33 Å². The lowest BCUT2D eigenvalue weighted by Gasteiger charge is -2.08. The molecule has 0 spiro atoms. The third kappa shape index (κ3) is 8.12. The van der Waals surface area contributed by atoms with Crippen molar-refractivity contribution in [3.05, 3.63) is 12.7 Å². The molecule has 0 rings (SSSR count). The van der Waals surface area contributed by atoms with Gasteiger partial charge in [-0.2, -0.15) is 0 Å². The number of halogens is 1. The minimum absolute atomic E-state index is 0.896. The molecule has 0 unspecified atom stereocenters. The number of hydrogen-bond donors (Lipinski definition) is 0. The zero-order valence-electron chi connectivity index (χ0n) is 7.48. The van der Waals surface area contributed by atoms with Crippen LogP contribution in [-0.4, -0.2) is 5.33 Å². The van der Waals surface area contributed by atoms with E-state index in [0.29, 0.717) is 0 Å². The zero-order valence-corrected chi connectivity index (χ0v) is 9.07. The molecule has 1 atom stereocenters. The van der Waals surface area contributed by atoms with Crippen LogP contribution in [-0.2, 0) is 0 Å². The van der Waals surface area contributed by atoms with Crippen molar-refractivity contribution in [1.82, 2.24) is 0 Å². The van der Waals surface area contributed by atoms with Crippen LogP contribution in [0, 0.1) is 5.92 Å². The average Bonchev–Trinajstić information content (AvgIpc) is 2.01. The molecule has 0 radical (unpaired) electrons. The number of rotatable bonds is 7. The van der Waals surface area contributed by atoms with Crippen molar-refractivity contribution in [3.63, 3.8) is 0 Å². The maximum atomic E-state index is 3.71. The van der Waals surface area contributed by atoms with Gasteiger partial charge in [-0.25, -0.2) is 0 Å². The van der Waals surface area contributed by atoms with Crippen LogP contribution in [0.4, 0.5) is 0 Å². The average molecular weight is 219 g/mol. The zero-order chi connectivity index (χ0) is 8.53. The second-order valence-electron chi connectivity index (χ2n) is 3.16. The van der Waals surface area contributed by atoms with Gasteiger partial charge in [-0.3, -0.25) is 0 Å². The van der Waals surface area contributed by atoms with E-state index in [1.165, 1.54) is 32.1 Å². The predicted octanol–water partition coefficient (Wildman–Crippen LogP) is 4.15. The summed E-state index contributed by atoms with van der Waals surface area (Å²) in [6.07, 6.45) is 8.54. The Morgan fingerprint density at radius 1 is 1.36 bits per heavy atom. The smallest absolute Gasteiger partial charge is 0.00314 e. The molecule has 0 N–H and O–H groups in total. The van der Waals surface area contributed by atoms with Crippen LogP contribution < -0.4 is 0 Å². The Morgan fingerprint density at radius 2 is 2.00 bits per heavy atom. The largest absolute Gasteiger partial charge is 0.103 e. The van der Waals surface area contributed by atoms with Crippen LogP contribution in [0.5, 0.6) is 0 Å². The van der Waals surface area contributed by atoms with E-state index >= 15 is 0 Å². The first-order valence-corrected chi connectivity index (χ1v) is 5.60. The summed E-state index contributed by atoms with van der Waals surface area (Å²) in [5, 5.41) is 1.15. The van der Waals surface area contributed by atoms with Gasteiger partial charge in [0.15, 0.2) is 0 Å². The molecule has 0 heterocycles. The molecule has 1 heteroatoms. The van der Waals surface area contributed by atoms with Crippen molar-refractivity contribution in [2.24, 2.45) is 5.92 Å². The van der Waals surface area contributed by atoms with Crippen LogP contribution in [0.2, 0.25) is 0 Å². The van der Waals surface area contributed by atoms with Gasteiger partial charge < -0.3 is 0 Å². The molecular formula is C10H19Br. The van der Waals surface area contributed by atoms with Gasteiger partial charge in [-0.05, 0) is 31.6 Å². The van der Waals surface area contributed by atoms with E-state index in [0.717, 1.165) is 11.2 Å². The molecule has 11 heavy (non-hydrogen) atoms. The van der Waals surface area contributed by atoms with Gasteiger partial charge in [-0.15, -0.1) is 6.58 Å². The number of alkyl halides is 1. The summed E-state index contributed by atoms with van der Waals surface area (Å²) in [5.74, 6) is 0.896. The fourth-order valence-corrected chi connectivity index (χ4v) is 1.50. The van der Waals surface area contributed by atoms with E-state index in [9.17, 15) is 0 Å². The van der Waals surface area contributed by atoms with E-state index < -0.39 is 0 Å². The number of hydrogen-bond acceptors (Lipinski definition) is 0. The highest BCUT2D eigenvalue weighted by Crippen LogP contribution is 2.14. The standard InChI is InChI=1S/C10H19Br/c1-3-4-5-7-10(2)8-6-9-11/h3,10H,1,4-9H2,2H3/t10-/m0/s1. The molecule has 0 aromatic rings. The molecule has 0 aliphatic rings. The van der Waals surface area contributed by atoms with Crippen molar-refractivity contribution >= 4 is 15.9 Å². The maximum Gasteiger partial charge on any atom is 0.00314 e. The van der Waals surface area contributed by atoms with E-state index in [-0.39, 0.29) is 0 Å². The quantitative estimate of drug-likeness (QED) is 0.342. The minimum atomic E-state index is 0.896. The second kappa shape index (κ2) is 8.32. The predicted molar refractivity (Wildman–Crippen MR) is 56.2 cm³/mol. The SMILES string of the molecule is C=CCCC[C@H](C)CCCBr. The van der Waals surface area contributed by atoms with E-state index in [1.54, 1.807) is 0 Å². The Hall–Kier alpha value is 0.220. The van der Waals surface area contributed by atoms with Gasteiger partial charge >= 0.3 is 0 Å². The molecule has 0 amide bonds. The molecule has 66 valence electrons. The first kappa shape index (κ1) is 11.2. The summed E-state index contributed by atoms with van der Waals surface area (Å²) in [6.45, 7) is 6.05. The lowest BCUT2D eigenvalue weighted by Crippen LogP contribution is -1.94. The van der Waals surface area contributed by atoms with Gasteiger partial charge in [0.1, 0.15) is 0 Å². The monoisotopic (exact) mass is 218 g/mol. The Morgan fingerprint density at radius 3 is 2.55 bits per heavy atom. The van der Waals surface area contributed by atoms with Crippen LogP contribution in [0.25, 0.3) is 0 Å². The summed E-state index contributed by atoms with van der Waals surface area (Å²) >= 11 is 3.44. The van der Waals surface area contributed by atoms with E-state index in [2.05, 4.69) is 29.4 Å². The van der Waals surface area contributed by atoms with Crippen LogP contribution >= 0.6 is 15.9 Å². The molecule has 0 fully saturated rings. The topological polar surface area (TPSA) is 0 Å². The first-order valence-electron chi connectivity index (χ1n) is 4.48. The van der Waals surface area contributed by atoms with Gasteiger partial charge in [-0.1, -0.05) is 35.4 Å². The Kier molecular flexibility index (Phi) is 8.48. The highest BCUT2D eigenvalue weighted by Gasteiger charge is 1.99. The highest BCUT2D eigenvalue weighted by molar-refractivity contribution is 9.09. The summed E-state index contributed by atoms with van der Waals surface area (Å²) in [5.41, 5.74) is 0. The van der Waals surface area contributed by atoms with E-state index in [4.69, 9.17) is 0 Å². The van der Waals surface area contributed by atoms with Crippen LogP contribution in [0.3, 0.4) is 0 Å². The van der Waals surface area contributed by atoms with Crippen molar-refractivity contribution < 1.29 is 0 Å². The number of allylic oxidation sites excluding steroid dienone is 1. The Bertz CT molecular complexity index is 88.9. The highest BCUT2D eigenvalue weighted by atomic mass is 79.9. The second-order valence-corrected chi connectivity index (χ2v) is 3.95. The Balaban J connectivity index is 3.08. The summed E-state index contributed by atoms with van der Waals surface area (Å²) < 4.78 is 0. The summed E-state index contributed by atoms with van der Waals surface area (Å²) in [7, 11) is 0. The maximum absolute atomic E-state index is 3.71. The summed E-state index contributed by atoms with van der Waals surface area (Å²) in [6, 6.07) is 0. The Labute approximate surface area is 79.2 Å². The van der Waals surface area contributed by atoms with E-state index in [1.807, 2.05) is 6.08 Å². The molecule has 0 nitrogen and oxygen atoms in total. The third-order valence-electron chi connectivity index (χ3n) is 1.94. The fraction of sp³-hybridized carbons (Fsp3) is 0.800. The molecule has 0 saturated carbocycles. The molecule has 0 bridgehead atoms. The fourth-order valence-electron chi connectivity index (χ4n) is 1.18. The van der Waals surface area contributed by atoms with Gasteiger partial charge in [0.05, 0.1) is 0 Å². The summed E-state index contributed by atoms with van der Waals surface area (Å²) in [4.78, 5) is 0. The molecule has 0 aromatic carbocycles. The first-order chi connectivity index (χ1) is 5.31. The lowest BCUT2D eigenvalue weighted by molar-refractivity contribution is 0.474. The van der Waals surface area contributed by atoms with Crippen molar-refractivity contribution in [3.8, 4) is 0 Å². The molecule has 0 aliphatic heterocycles. The molecule has 0 saturated heterocycles. The normalized spacial score (nSPS) is 12.9. The van der Waals surface area contributed by atoms with Crippen molar-refractivity contribution in [1.29, 1.82) is 0 Å². The van der Waals surface area contributed by atoms with Crippen LogP contribution in [0.15, 0.2) is 12.7 Å². The minimum Gasteiger partial charge on any atom is -0.103 e. The molecular weight excluding hydrogens is 200 g/mol.